The number of aryl methyl sites for hydroxylation is 1. The number of furan rings is 1. The van der Waals surface area contributed by atoms with Crippen molar-refractivity contribution in [3.05, 3.63) is 59.6 Å². The molecule has 0 bridgehead atoms. The van der Waals surface area contributed by atoms with Crippen LogP contribution in [0.5, 0.6) is 5.75 Å². The average molecular weight is 424 g/mol. The summed E-state index contributed by atoms with van der Waals surface area (Å²) in [7, 11) is 0. The molecular weight excluding hydrogens is 398 g/mol. The molecule has 2 N–H and O–H groups in total. The Kier molecular flexibility index (Phi) is 5.99. The van der Waals surface area contributed by atoms with Crippen LogP contribution in [0.3, 0.4) is 0 Å². The summed E-state index contributed by atoms with van der Waals surface area (Å²) in [6.45, 7) is 4.43. The molecule has 156 valence electrons. The molecule has 6 nitrogen and oxygen atoms in total. The molecule has 7 heteroatoms. The minimum absolute atomic E-state index is 0.232. The Morgan fingerprint density at radius 2 is 2.13 bits per heavy atom. The van der Waals surface area contributed by atoms with Crippen LogP contribution in [-0.2, 0) is 0 Å². The van der Waals surface area contributed by atoms with Gasteiger partial charge in [-0.25, -0.2) is 4.98 Å². The van der Waals surface area contributed by atoms with E-state index in [-0.39, 0.29) is 11.9 Å². The van der Waals surface area contributed by atoms with Gasteiger partial charge in [-0.15, -0.1) is 0 Å². The van der Waals surface area contributed by atoms with Crippen molar-refractivity contribution in [3.8, 4) is 5.75 Å². The van der Waals surface area contributed by atoms with Gasteiger partial charge in [0.1, 0.15) is 17.2 Å². The summed E-state index contributed by atoms with van der Waals surface area (Å²) in [5, 5.41) is 4.00. The summed E-state index contributed by atoms with van der Waals surface area (Å²) >= 11 is 1.74. The number of amides is 1. The number of H-pyrrole nitrogens is 1. The van der Waals surface area contributed by atoms with E-state index in [1.807, 2.05) is 56.3 Å². The van der Waals surface area contributed by atoms with E-state index in [9.17, 15) is 4.79 Å². The molecule has 0 radical (unpaired) electrons. The van der Waals surface area contributed by atoms with Gasteiger partial charge in [0.25, 0.3) is 5.91 Å². The maximum Gasteiger partial charge on any atom is 0.287 e. The predicted octanol–water partition coefficient (Wildman–Crippen LogP) is 5.24. The second-order valence-corrected chi connectivity index (χ2v) is 8.08. The number of fused-ring (bicyclic) bond motifs is 2. The van der Waals surface area contributed by atoms with E-state index in [0.717, 1.165) is 45.7 Å². The van der Waals surface area contributed by atoms with Crippen molar-refractivity contribution in [2.45, 2.75) is 26.3 Å². The van der Waals surface area contributed by atoms with E-state index in [4.69, 9.17) is 9.15 Å². The normalized spacial score (nSPS) is 12.4. The van der Waals surface area contributed by atoms with Crippen LogP contribution in [0.4, 0.5) is 0 Å². The van der Waals surface area contributed by atoms with Crippen LogP contribution in [0, 0.1) is 6.92 Å². The first-order valence-corrected chi connectivity index (χ1v) is 11.4. The van der Waals surface area contributed by atoms with Crippen molar-refractivity contribution in [2.24, 2.45) is 0 Å². The summed E-state index contributed by atoms with van der Waals surface area (Å²) in [5.74, 6) is 2.50. The smallest absolute Gasteiger partial charge is 0.287 e. The van der Waals surface area contributed by atoms with Gasteiger partial charge in [0.15, 0.2) is 5.76 Å². The maximum absolute atomic E-state index is 13.1. The van der Waals surface area contributed by atoms with Crippen LogP contribution in [-0.4, -0.2) is 34.5 Å². The Hall–Kier alpha value is -2.93. The first-order chi connectivity index (χ1) is 14.6. The number of hydrogen-bond acceptors (Lipinski definition) is 5. The third-order valence-electron chi connectivity index (χ3n) is 5.08. The van der Waals surface area contributed by atoms with Crippen LogP contribution in [0.1, 0.15) is 41.3 Å². The molecule has 1 atom stereocenters. The highest BCUT2D eigenvalue weighted by Gasteiger charge is 2.23. The molecule has 0 spiro atoms. The van der Waals surface area contributed by atoms with Gasteiger partial charge in [-0.2, -0.15) is 11.8 Å². The van der Waals surface area contributed by atoms with Crippen molar-refractivity contribution < 1.29 is 13.9 Å². The van der Waals surface area contributed by atoms with Gasteiger partial charge in [-0.3, -0.25) is 4.79 Å². The van der Waals surface area contributed by atoms with E-state index in [2.05, 4.69) is 21.5 Å². The number of carbonyl (C=O) groups is 1. The maximum atomic E-state index is 13.1. The van der Waals surface area contributed by atoms with Gasteiger partial charge in [-0.1, -0.05) is 12.1 Å². The van der Waals surface area contributed by atoms with Crippen LogP contribution in [0.15, 0.2) is 46.9 Å². The minimum atomic E-state index is -0.242. The predicted molar refractivity (Wildman–Crippen MR) is 121 cm³/mol. The quantitative estimate of drug-likeness (QED) is 0.405. The van der Waals surface area contributed by atoms with E-state index in [1.54, 1.807) is 11.8 Å². The largest absolute Gasteiger partial charge is 0.494 e. The van der Waals surface area contributed by atoms with Crippen LogP contribution in [0.25, 0.3) is 22.0 Å². The highest BCUT2D eigenvalue weighted by atomic mass is 32.2. The third-order valence-corrected chi connectivity index (χ3v) is 5.72. The number of nitrogens with zero attached hydrogens (tertiary/aromatic N) is 1. The lowest BCUT2D eigenvalue weighted by atomic mass is 10.1. The number of carbonyl (C=O) groups excluding carboxylic acids is 1. The first-order valence-electron chi connectivity index (χ1n) is 10.0. The zero-order valence-corrected chi connectivity index (χ0v) is 18.1. The lowest BCUT2D eigenvalue weighted by molar-refractivity contribution is 0.0907. The molecule has 0 saturated carbocycles. The summed E-state index contributed by atoms with van der Waals surface area (Å²) in [5.41, 5.74) is 3.32. The monoisotopic (exact) mass is 423 g/mol. The average Bonchev–Trinajstić information content (AvgIpc) is 3.32. The van der Waals surface area contributed by atoms with Gasteiger partial charge in [0.05, 0.1) is 23.7 Å². The number of imidazole rings is 1. The number of aromatic nitrogens is 2. The highest BCUT2D eigenvalue weighted by Crippen LogP contribution is 2.29. The van der Waals surface area contributed by atoms with Crippen molar-refractivity contribution in [3.63, 3.8) is 0 Å². The summed E-state index contributed by atoms with van der Waals surface area (Å²) in [6, 6.07) is 13.2. The summed E-state index contributed by atoms with van der Waals surface area (Å²) in [6.07, 6.45) is 2.82. The molecular formula is C23H25N3O3S. The van der Waals surface area contributed by atoms with Gasteiger partial charge in [0, 0.05) is 10.9 Å². The fourth-order valence-corrected chi connectivity index (χ4v) is 4.02. The summed E-state index contributed by atoms with van der Waals surface area (Å²) < 4.78 is 11.5. The number of para-hydroxylation sites is 2. The van der Waals surface area contributed by atoms with Crippen LogP contribution in [0.2, 0.25) is 0 Å². The lowest BCUT2D eigenvalue weighted by Crippen LogP contribution is -2.30. The number of nitrogens with one attached hydrogen (secondary N) is 2. The van der Waals surface area contributed by atoms with Crippen molar-refractivity contribution in [1.82, 2.24) is 15.3 Å². The lowest BCUT2D eigenvalue weighted by Gasteiger charge is -2.15. The molecule has 0 unspecified atom stereocenters. The molecule has 0 saturated heterocycles. The van der Waals surface area contributed by atoms with E-state index in [1.165, 1.54) is 0 Å². The molecule has 0 aliphatic heterocycles. The third kappa shape index (κ3) is 4.03. The van der Waals surface area contributed by atoms with Crippen molar-refractivity contribution >= 4 is 39.7 Å². The van der Waals surface area contributed by atoms with Gasteiger partial charge in [-0.05, 0) is 62.6 Å². The van der Waals surface area contributed by atoms with Gasteiger partial charge >= 0.3 is 0 Å². The van der Waals surface area contributed by atoms with Crippen LogP contribution >= 0.6 is 11.8 Å². The molecule has 1 amide bonds. The molecule has 2 aromatic heterocycles. The SMILES string of the molecule is CCOc1ccc2oc(C(=O)N[C@@H](CCSC)c3nc4ccccc4[nH]3)c(C)c2c1. The zero-order valence-electron chi connectivity index (χ0n) is 17.3. The molecule has 30 heavy (non-hydrogen) atoms. The molecule has 0 fully saturated rings. The number of thioether (sulfide) groups is 1. The molecule has 4 aromatic rings. The number of aromatic amines is 1. The standard InChI is InChI=1S/C23H25N3O3S/c1-4-28-15-9-10-20-16(13-15)14(2)21(29-20)23(27)26-19(11-12-30-3)22-24-17-7-5-6-8-18(17)25-22/h5-10,13,19H,4,11-12H2,1-3H3,(H,24,25)(H,26,27)/t19-/m0/s1. The van der Waals surface area contributed by atoms with Gasteiger partial charge < -0.3 is 19.5 Å². The highest BCUT2D eigenvalue weighted by molar-refractivity contribution is 7.98. The number of ether oxygens (including phenoxy) is 1. The first kappa shape index (κ1) is 20.3. The Balaban J connectivity index is 1.62. The Morgan fingerprint density at radius 1 is 1.30 bits per heavy atom. The van der Waals surface area contributed by atoms with E-state index in [0.29, 0.717) is 18.0 Å². The Bertz CT molecular complexity index is 1150. The van der Waals surface area contributed by atoms with Gasteiger partial charge in [0.2, 0.25) is 0 Å². The van der Waals surface area contributed by atoms with Crippen molar-refractivity contribution in [1.29, 1.82) is 0 Å². The number of benzene rings is 2. The van der Waals surface area contributed by atoms with Crippen LogP contribution < -0.4 is 10.1 Å². The second kappa shape index (κ2) is 8.83. The molecule has 0 aliphatic rings. The summed E-state index contributed by atoms with van der Waals surface area (Å²) in [4.78, 5) is 21.1. The van der Waals surface area contributed by atoms with E-state index < -0.39 is 0 Å². The minimum Gasteiger partial charge on any atom is -0.494 e. The number of rotatable bonds is 8. The van der Waals surface area contributed by atoms with E-state index >= 15 is 0 Å². The number of hydrogen-bond donors (Lipinski definition) is 2. The second-order valence-electron chi connectivity index (χ2n) is 7.09. The molecule has 4 rings (SSSR count). The Morgan fingerprint density at radius 3 is 2.90 bits per heavy atom. The fourth-order valence-electron chi connectivity index (χ4n) is 3.55. The van der Waals surface area contributed by atoms with Crippen molar-refractivity contribution in [2.75, 3.05) is 18.6 Å². The Labute approximate surface area is 179 Å². The molecule has 0 aliphatic carbocycles. The molecule has 2 aromatic carbocycles. The fraction of sp³-hybridized carbons (Fsp3) is 0.304. The molecule has 2 heterocycles. The zero-order chi connectivity index (χ0) is 21.1. The topological polar surface area (TPSA) is 80.2 Å².